The summed E-state index contributed by atoms with van der Waals surface area (Å²) in [6.45, 7) is 0. The first-order valence-electron chi connectivity index (χ1n) is 7.72. The van der Waals surface area contributed by atoms with E-state index in [-0.39, 0.29) is 17.3 Å². The van der Waals surface area contributed by atoms with Crippen molar-refractivity contribution in [1.29, 1.82) is 0 Å². The molecule has 2 aromatic carbocycles. The number of Topliss-reactive ketones (excluding diaryl/α,β-unsaturated/α-hetero) is 1. The Labute approximate surface area is 129 Å². The van der Waals surface area contributed by atoms with Gasteiger partial charge in [0.15, 0.2) is 0 Å². The van der Waals surface area contributed by atoms with Crippen molar-refractivity contribution in [3.63, 3.8) is 0 Å². The molecule has 0 aliphatic heterocycles. The second-order valence-electron chi connectivity index (χ2n) is 5.92. The lowest BCUT2D eigenvalue weighted by Gasteiger charge is -2.33. The van der Waals surface area contributed by atoms with Crippen molar-refractivity contribution < 1.29 is 14.3 Å². The highest BCUT2D eigenvalue weighted by molar-refractivity contribution is 5.94. The number of hydrogen-bond donors (Lipinski definition) is 1. The second kappa shape index (κ2) is 5.91. The van der Waals surface area contributed by atoms with Crippen molar-refractivity contribution in [2.75, 3.05) is 0 Å². The third kappa shape index (κ3) is 2.41. The number of ketones is 1. The molecule has 0 bridgehead atoms. The highest BCUT2D eigenvalue weighted by Crippen LogP contribution is 2.43. The highest BCUT2D eigenvalue weighted by Gasteiger charge is 2.43. The predicted octanol–water partition coefficient (Wildman–Crippen LogP) is 4.35. The average Bonchev–Trinajstić information content (AvgIpc) is 2.71. The number of phenols is 1. The van der Waals surface area contributed by atoms with Crippen LogP contribution >= 0.6 is 0 Å². The van der Waals surface area contributed by atoms with Gasteiger partial charge in [-0.25, -0.2) is 4.39 Å². The molecule has 2 aromatic rings. The summed E-state index contributed by atoms with van der Waals surface area (Å²) in [4.78, 5) is 12.9. The second-order valence-corrected chi connectivity index (χ2v) is 5.92. The number of carbonyl (C=O) groups excluding carboxylic acids is 1. The molecule has 3 rings (SSSR count). The molecule has 1 fully saturated rings. The van der Waals surface area contributed by atoms with Crippen LogP contribution in [-0.4, -0.2) is 10.9 Å². The number of aromatic hydroxyl groups is 1. The van der Waals surface area contributed by atoms with Gasteiger partial charge in [-0.1, -0.05) is 43.2 Å². The maximum absolute atomic E-state index is 14.5. The van der Waals surface area contributed by atoms with Crippen molar-refractivity contribution >= 4 is 5.78 Å². The summed E-state index contributed by atoms with van der Waals surface area (Å²) in [7, 11) is 0. The van der Waals surface area contributed by atoms with E-state index in [4.69, 9.17) is 0 Å². The molecule has 1 aliphatic rings. The summed E-state index contributed by atoms with van der Waals surface area (Å²) < 4.78 is 14.5. The van der Waals surface area contributed by atoms with Crippen LogP contribution in [-0.2, 0) is 10.2 Å². The third-order valence-corrected chi connectivity index (χ3v) is 4.63. The Morgan fingerprint density at radius 3 is 2.41 bits per heavy atom. The molecule has 0 aromatic heterocycles. The molecule has 0 amide bonds. The third-order valence-electron chi connectivity index (χ3n) is 4.63. The molecule has 1 saturated carbocycles. The van der Waals surface area contributed by atoms with Gasteiger partial charge in [0.05, 0.1) is 5.41 Å². The highest BCUT2D eigenvalue weighted by atomic mass is 19.1. The first kappa shape index (κ1) is 14.8. The largest absolute Gasteiger partial charge is 0.508 e. The lowest BCUT2D eigenvalue weighted by Crippen LogP contribution is -2.37. The van der Waals surface area contributed by atoms with E-state index in [0.717, 1.165) is 24.8 Å². The zero-order valence-electron chi connectivity index (χ0n) is 12.4. The Morgan fingerprint density at radius 1 is 0.955 bits per heavy atom. The maximum atomic E-state index is 14.5. The maximum Gasteiger partial charge on any atom is 0.147 e. The molecule has 3 heteroatoms. The fourth-order valence-electron chi connectivity index (χ4n) is 3.50. The Balaban J connectivity index is 2.23. The number of benzene rings is 2. The molecule has 1 unspecified atom stereocenters. The summed E-state index contributed by atoms with van der Waals surface area (Å²) in [5.74, 6) is -0.125. The molecule has 2 nitrogen and oxygen atoms in total. The number of halogens is 1. The summed E-state index contributed by atoms with van der Waals surface area (Å²) in [6.07, 6.45) is 3.81. The number of phenolic OH excluding ortho intramolecular Hbond substituents is 1. The van der Waals surface area contributed by atoms with Gasteiger partial charge in [0, 0.05) is 12.0 Å². The predicted molar refractivity (Wildman–Crippen MR) is 83.4 cm³/mol. The lowest BCUT2D eigenvalue weighted by atomic mass is 9.68. The van der Waals surface area contributed by atoms with Gasteiger partial charge in [-0.3, -0.25) is 4.79 Å². The normalized spacial score (nSPS) is 22.3. The van der Waals surface area contributed by atoms with Crippen LogP contribution in [0.25, 0.3) is 0 Å². The Hall–Kier alpha value is -2.16. The number of carbonyl (C=O) groups is 1. The summed E-state index contributed by atoms with van der Waals surface area (Å²) in [5.41, 5.74) is 0.283. The van der Waals surface area contributed by atoms with Crippen molar-refractivity contribution in [3.05, 3.63) is 65.5 Å². The summed E-state index contributed by atoms with van der Waals surface area (Å²) in [6, 6.07) is 13.2. The van der Waals surface area contributed by atoms with Crippen LogP contribution < -0.4 is 0 Å². The van der Waals surface area contributed by atoms with Crippen LogP contribution in [0, 0.1) is 5.82 Å². The molecule has 1 N–H and O–H groups in total. The molecular weight excluding hydrogens is 279 g/mol. The average molecular weight is 298 g/mol. The molecule has 1 aliphatic carbocycles. The van der Waals surface area contributed by atoms with Crippen LogP contribution in [0.1, 0.15) is 43.2 Å². The Kier molecular flexibility index (Phi) is 3.97. The van der Waals surface area contributed by atoms with E-state index in [1.807, 2.05) is 0 Å². The molecule has 0 heterocycles. The smallest absolute Gasteiger partial charge is 0.147 e. The fourth-order valence-corrected chi connectivity index (χ4v) is 3.50. The summed E-state index contributed by atoms with van der Waals surface area (Å²) >= 11 is 0. The molecule has 0 saturated heterocycles. The standard InChI is InChI=1S/C19H19FO2/c20-17-7-4-3-6-16(17)19(13-5-1-2-8-18(19)22)14-9-11-15(21)12-10-14/h3-4,6-7,9-12,21H,1-2,5,8,13H2. The topological polar surface area (TPSA) is 37.3 Å². The minimum absolute atomic E-state index is 0.0702. The minimum atomic E-state index is -0.935. The van der Waals surface area contributed by atoms with Gasteiger partial charge in [0.2, 0.25) is 0 Å². The monoisotopic (exact) mass is 298 g/mol. The minimum Gasteiger partial charge on any atom is -0.508 e. The van der Waals surface area contributed by atoms with Gasteiger partial charge in [0.1, 0.15) is 17.3 Å². The van der Waals surface area contributed by atoms with Crippen molar-refractivity contribution in [2.24, 2.45) is 0 Å². The van der Waals surface area contributed by atoms with Gasteiger partial charge in [0.25, 0.3) is 0 Å². The van der Waals surface area contributed by atoms with Crippen LogP contribution in [0.5, 0.6) is 5.75 Å². The molecular formula is C19H19FO2. The SMILES string of the molecule is O=C1CCCCCC1(c1ccc(O)cc1)c1ccccc1F. The van der Waals surface area contributed by atoms with Crippen molar-refractivity contribution in [2.45, 2.75) is 37.5 Å². The van der Waals surface area contributed by atoms with Gasteiger partial charge in [-0.05, 0) is 36.6 Å². The van der Waals surface area contributed by atoms with Gasteiger partial charge >= 0.3 is 0 Å². The van der Waals surface area contributed by atoms with E-state index in [1.54, 1.807) is 42.5 Å². The Bertz CT molecular complexity index is 678. The quantitative estimate of drug-likeness (QED) is 0.837. The zero-order valence-corrected chi connectivity index (χ0v) is 12.4. The van der Waals surface area contributed by atoms with Crippen LogP contribution in [0.15, 0.2) is 48.5 Å². The van der Waals surface area contributed by atoms with E-state index >= 15 is 0 Å². The molecule has 0 radical (unpaired) electrons. The molecule has 22 heavy (non-hydrogen) atoms. The van der Waals surface area contributed by atoms with E-state index in [2.05, 4.69) is 0 Å². The van der Waals surface area contributed by atoms with Gasteiger partial charge in [-0.2, -0.15) is 0 Å². The Morgan fingerprint density at radius 2 is 1.68 bits per heavy atom. The first-order valence-corrected chi connectivity index (χ1v) is 7.72. The van der Waals surface area contributed by atoms with Crippen molar-refractivity contribution in [1.82, 2.24) is 0 Å². The number of hydrogen-bond acceptors (Lipinski definition) is 2. The van der Waals surface area contributed by atoms with Gasteiger partial charge in [-0.15, -0.1) is 0 Å². The van der Waals surface area contributed by atoms with Gasteiger partial charge < -0.3 is 5.11 Å². The zero-order chi connectivity index (χ0) is 15.6. The molecule has 1 atom stereocenters. The van der Waals surface area contributed by atoms with E-state index < -0.39 is 5.41 Å². The number of rotatable bonds is 2. The summed E-state index contributed by atoms with van der Waals surface area (Å²) in [5, 5.41) is 9.53. The van der Waals surface area contributed by atoms with E-state index in [1.165, 1.54) is 6.07 Å². The van der Waals surface area contributed by atoms with Crippen LogP contribution in [0.4, 0.5) is 4.39 Å². The molecule has 114 valence electrons. The van der Waals surface area contributed by atoms with Crippen LogP contribution in [0.3, 0.4) is 0 Å². The fraction of sp³-hybridized carbons (Fsp3) is 0.316. The van der Waals surface area contributed by atoms with Crippen LogP contribution in [0.2, 0.25) is 0 Å². The first-order chi connectivity index (χ1) is 10.6. The van der Waals surface area contributed by atoms with Crippen molar-refractivity contribution in [3.8, 4) is 5.75 Å². The molecule has 0 spiro atoms. The van der Waals surface area contributed by atoms with E-state index in [9.17, 15) is 14.3 Å². The lowest BCUT2D eigenvalue weighted by molar-refractivity contribution is -0.123. The van der Waals surface area contributed by atoms with E-state index in [0.29, 0.717) is 18.4 Å².